The van der Waals surface area contributed by atoms with E-state index in [0.29, 0.717) is 5.92 Å². The summed E-state index contributed by atoms with van der Waals surface area (Å²) in [6.07, 6.45) is 5.04. The molecule has 0 spiro atoms. The van der Waals surface area contributed by atoms with Crippen molar-refractivity contribution < 1.29 is 0 Å². The van der Waals surface area contributed by atoms with Crippen LogP contribution in [0.15, 0.2) is 40.2 Å². The monoisotopic (exact) mass is 363 g/mol. The predicted molar refractivity (Wildman–Crippen MR) is 95.1 cm³/mol. The van der Waals surface area contributed by atoms with E-state index in [4.69, 9.17) is 0 Å². The first-order valence-electron chi connectivity index (χ1n) is 7.71. The largest absolute Gasteiger partial charge is 0.314 e. The van der Waals surface area contributed by atoms with Crippen molar-refractivity contribution in [2.75, 3.05) is 6.54 Å². The second kappa shape index (κ2) is 7.08. The maximum absolute atomic E-state index is 3.71. The number of rotatable bonds is 7. The van der Waals surface area contributed by atoms with Gasteiger partial charge in [-0.25, -0.2) is 0 Å². The lowest BCUT2D eigenvalue weighted by Crippen LogP contribution is -2.27. The van der Waals surface area contributed by atoms with Gasteiger partial charge in [-0.15, -0.1) is 11.3 Å². The average Bonchev–Trinajstić information content (AvgIpc) is 3.22. The van der Waals surface area contributed by atoms with Crippen LogP contribution in [0.25, 0.3) is 0 Å². The van der Waals surface area contributed by atoms with Gasteiger partial charge in [0.2, 0.25) is 0 Å². The van der Waals surface area contributed by atoms with E-state index in [2.05, 4.69) is 63.9 Å². The van der Waals surface area contributed by atoms with Crippen molar-refractivity contribution in [3.8, 4) is 0 Å². The molecule has 3 heteroatoms. The highest BCUT2D eigenvalue weighted by Crippen LogP contribution is 2.27. The van der Waals surface area contributed by atoms with Crippen LogP contribution in [0.4, 0.5) is 0 Å². The fourth-order valence-corrected chi connectivity index (χ4v) is 4.26. The molecule has 0 saturated heterocycles. The zero-order valence-corrected chi connectivity index (χ0v) is 14.8. The molecule has 1 N–H and O–H groups in total. The molecule has 1 saturated carbocycles. The molecule has 0 bridgehead atoms. The highest BCUT2D eigenvalue weighted by Gasteiger charge is 2.22. The minimum absolute atomic E-state index is 0.670. The van der Waals surface area contributed by atoms with E-state index in [1.54, 1.807) is 0 Å². The molecular formula is C18H22BrNS. The zero-order chi connectivity index (χ0) is 14.7. The molecule has 1 aliphatic rings. The summed E-state index contributed by atoms with van der Waals surface area (Å²) in [5.41, 5.74) is 2.79. The second-order valence-corrected chi connectivity index (χ2v) is 7.99. The Balaban J connectivity index is 1.65. The average molecular weight is 364 g/mol. The predicted octanol–water partition coefficient (Wildman–Crippen LogP) is 4.97. The first kappa shape index (κ1) is 15.3. The molecule has 1 aromatic heterocycles. The zero-order valence-electron chi connectivity index (χ0n) is 12.4. The molecule has 1 aromatic carbocycles. The van der Waals surface area contributed by atoms with Crippen LogP contribution in [0.3, 0.4) is 0 Å². The van der Waals surface area contributed by atoms with Gasteiger partial charge in [0, 0.05) is 15.4 Å². The molecule has 1 fully saturated rings. The maximum Gasteiger partial charge on any atom is 0.0314 e. The molecule has 21 heavy (non-hydrogen) atoms. The minimum Gasteiger partial charge on any atom is -0.314 e. The molecule has 112 valence electrons. The van der Waals surface area contributed by atoms with Crippen molar-refractivity contribution in [1.82, 2.24) is 5.32 Å². The van der Waals surface area contributed by atoms with E-state index in [-0.39, 0.29) is 0 Å². The summed E-state index contributed by atoms with van der Waals surface area (Å²) in [5, 5.41) is 5.89. The molecule has 1 nitrogen and oxygen atoms in total. The van der Waals surface area contributed by atoms with Gasteiger partial charge in [-0.1, -0.05) is 29.8 Å². The maximum atomic E-state index is 3.71. The Morgan fingerprint density at radius 2 is 1.95 bits per heavy atom. The van der Waals surface area contributed by atoms with Gasteiger partial charge >= 0.3 is 0 Å². The first-order valence-corrected chi connectivity index (χ1v) is 9.39. The summed E-state index contributed by atoms with van der Waals surface area (Å²) in [4.78, 5) is 1.48. The van der Waals surface area contributed by atoms with E-state index in [9.17, 15) is 0 Å². The van der Waals surface area contributed by atoms with Crippen LogP contribution < -0.4 is 5.32 Å². The van der Waals surface area contributed by atoms with E-state index < -0.39 is 0 Å². The number of thiophene rings is 1. The van der Waals surface area contributed by atoms with E-state index >= 15 is 0 Å². The third-order valence-electron chi connectivity index (χ3n) is 4.08. The van der Waals surface area contributed by atoms with Crippen molar-refractivity contribution in [1.29, 1.82) is 0 Å². The van der Waals surface area contributed by atoms with Crippen LogP contribution in [0, 0.1) is 12.8 Å². The molecular weight excluding hydrogens is 342 g/mol. The van der Waals surface area contributed by atoms with Crippen LogP contribution in [-0.2, 0) is 12.8 Å². The molecule has 0 amide bonds. The highest BCUT2D eigenvalue weighted by molar-refractivity contribution is 9.10. The number of halogens is 1. The van der Waals surface area contributed by atoms with Crippen LogP contribution in [0.5, 0.6) is 0 Å². The molecule has 1 unspecified atom stereocenters. The van der Waals surface area contributed by atoms with Crippen molar-refractivity contribution >= 4 is 27.3 Å². The summed E-state index contributed by atoms with van der Waals surface area (Å²) in [5.74, 6) is 0.670. The van der Waals surface area contributed by atoms with Gasteiger partial charge in [-0.3, -0.25) is 0 Å². The Labute approximate surface area is 139 Å². The summed E-state index contributed by atoms with van der Waals surface area (Å²) >= 11 is 5.54. The van der Waals surface area contributed by atoms with Gasteiger partial charge in [0.05, 0.1) is 0 Å². The van der Waals surface area contributed by atoms with Gasteiger partial charge in [0.15, 0.2) is 0 Å². The van der Waals surface area contributed by atoms with Gasteiger partial charge in [0.1, 0.15) is 0 Å². The van der Waals surface area contributed by atoms with Crippen LogP contribution in [-0.4, -0.2) is 12.6 Å². The highest BCUT2D eigenvalue weighted by atomic mass is 79.9. The Bertz CT molecular complexity index is 571. The van der Waals surface area contributed by atoms with Gasteiger partial charge in [0.25, 0.3) is 0 Å². The van der Waals surface area contributed by atoms with Crippen molar-refractivity contribution in [3.05, 3.63) is 56.2 Å². The normalized spacial score (nSPS) is 16.1. The van der Waals surface area contributed by atoms with Gasteiger partial charge in [-0.05, 0) is 78.0 Å². The fraction of sp³-hybridized carbons (Fsp3) is 0.444. The van der Waals surface area contributed by atoms with Crippen LogP contribution in [0.2, 0.25) is 0 Å². The van der Waals surface area contributed by atoms with Crippen molar-refractivity contribution in [2.24, 2.45) is 5.92 Å². The van der Waals surface area contributed by atoms with Gasteiger partial charge < -0.3 is 5.32 Å². The van der Waals surface area contributed by atoms with Crippen LogP contribution >= 0.6 is 27.3 Å². The third kappa shape index (κ3) is 4.67. The number of benzene rings is 1. The molecule has 1 aliphatic carbocycles. The second-order valence-electron chi connectivity index (χ2n) is 6.13. The molecule has 2 aromatic rings. The standard InChI is InChI=1S/C18H22BrNS/c1-13-2-4-14(5-3-13)10-15(12-20-16-6-7-16)11-18-17(19)8-9-21-18/h2-5,8-9,15-16,20H,6-7,10-12H2,1H3. The Kier molecular flexibility index (Phi) is 5.15. The number of nitrogens with one attached hydrogen (secondary N) is 1. The minimum atomic E-state index is 0.670. The third-order valence-corrected chi connectivity index (χ3v) is 6.03. The Morgan fingerprint density at radius 1 is 1.19 bits per heavy atom. The number of hydrogen-bond donors (Lipinski definition) is 1. The fourth-order valence-electron chi connectivity index (χ4n) is 2.63. The molecule has 0 radical (unpaired) electrons. The Morgan fingerprint density at radius 3 is 2.57 bits per heavy atom. The van der Waals surface area contributed by atoms with Gasteiger partial charge in [-0.2, -0.15) is 0 Å². The van der Waals surface area contributed by atoms with E-state index in [0.717, 1.165) is 25.4 Å². The lowest BCUT2D eigenvalue weighted by molar-refractivity contribution is 0.471. The lowest BCUT2D eigenvalue weighted by atomic mass is 9.95. The van der Waals surface area contributed by atoms with Crippen molar-refractivity contribution in [3.63, 3.8) is 0 Å². The smallest absolute Gasteiger partial charge is 0.0314 e. The summed E-state index contributed by atoms with van der Waals surface area (Å²) < 4.78 is 1.27. The molecule has 1 atom stereocenters. The van der Waals surface area contributed by atoms with E-state index in [1.807, 2.05) is 11.3 Å². The number of aryl methyl sites for hydroxylation is 1. The topological polar surface area (TPSA) is 12.0 Å². The summed E-state index contributed by atoms with van der Waals surface area (Å²) in [6, 6.07) is 12.0. The summed E-state index contributed by atoms with van der Waals surface area (Å²) in [6.45, 7) is 3.28. The summed E-state index contributed by atoms with van der Waals surface area (Å²) in [7, 11) is 0. The Hall–Kier alpha value is -0.640. The lowest BCUT2D eigenvalue weighted by Gasteiger charge is -2.18. The number of hydrogen-bond acceptors (Lipinski definition) is 2. The first-order chi connectivity index (χ1) is 10.2. The molecule has 1 heterocycles. The molecule has 3 rings (SSSR count). The SMILES string of the molecule is Cc1ccc(CC(CNC2CC2)Cc2sccc2Br)cc1. The molecule has 0 aliphatic heterocycles. The van der Waals surface area contributed by atoms with Crippen LogP contribution in [0.1, 0.15) is 28.8 Å². The quantitative estimate of drug-likeness (QED) is 0.731. The van der Waals surface area contributed by atoms with Crippen molar-refractivity contribution in [2.45, 2.75) is 38.6 Å². The van der Waals surface area contributed by atoms with E-state index in [1.165, 1.54) is 33.3 Å².